The van der Waals surface area contributed by atoms with Crippen LogP contribution in [-0.4, -0.2) is 18.1 Å². The van der Waals surface area contributed by atoms with Gasteiger partial charge < -0.3 is 4.74 Å². The maximum atomic E-state index is 11.2. The van der Waals surface area contributed by atoms with E-state index in [0.717, 1.165) is 21.3 Å². The molecule has 0 bridgehead atoms. The van der Waals surface area contributed by atoms with E-state index in [1.165, 1.54) is 7.11 Å². The highest BCUT2D eigenvalue weighted by Crippen LogP contribution is 2.31. The number of halogens is 1. The Labute approximate surface area is 95.3 Å². The summed E-state index contributed by atoms with van der Waals surface area (Å²) in [5.41, 5.74) is 2.59. The predicted octanol–water partition coefficient (Wildman–Crippen LogP) is 2.20. The van der Waals surface area contributed by atoms with Crippen molar-refractivity contribution in [2.45, 2.75) is 6.42 Å². The van der Waals surface area contributed by atoms with E-state index in [4.69, 9.17) is 0 Å². The van der Waals surface area contributed by atoms with Gasteiger partial charge in [0.25, 0.3) is 0 Å². The standard InChI is InChI=1S/C10H8INO2/c1-14-10(13)6-4-7-8(11)2-3-9(7)12-5-6/h2,4-5H,3H2,1H3. The maximum absolute atomic E-state index is 11.2. The average molecular weight is 301 g/mol. The van der Waals surface area contributed by atoms with Gasteiger partial charge in [-0.15, -0.1) is 0 Å². The Balaban J connectivity index is 2.44. The van der Waals surface area contributed by atoms with Crippen LogP contribution in [0.5, 0.6) is 0 Å². The predicted molar refractivity (Wildman–Crippen MR) is 61.3 cm³/mol. The number of allylic oxidation sites excluding steroid dienone is 1. The van der Waals surface area contributed by atoms with E-state index < -0.39 is 0 Å². The van der Waals surface area contributed by atoms with Crippen LogP contribution in [0.1, 0.15) is 21.6 Å². The number of carbonyl (C=O) groups is 1. The molecule has 0 fully saturated rings. The van der Waals surface area contributed by atoms with Gasteiger partial charge in [-0.2, -0.15) is 0 Å². The van der Waals surface area contributed by atoms with Crippen LogP contribution in [0.3, 0.4) is 0 Å². The second-order valence-electron chi connectivity index (χ2n) is 2.97. The fraction of sp³-hybridized carbons (Fsp3) is 0.200. The molecule has 2 rings (SSSR count). The van der Waals surface area contributed by atoms with Gasteiger partial charge >= 0.3 is 5.97 Å². The molecule has 14 heavy (non-hydrogen) atoms. The molecular formula is C10H8INO2. The van der Waals surface area contributed by atoms with Crippen LogP contribution in [0.25, 0.3) is 3.58 Å². The average Bonchev–Trinajstić information content (AvgIpc) is 2.59. The SMILES string of the molecule is COC(=O)c1cnc2c(c1)C(I)=CC2. The first-order valence-corrected chi connectivity index (χ1v) is 5.23. The van der Waals surface area contributed by atoms with Gasteiger partial charge in [0.1, 0.15) is 0 Å². The molecule has 0 amide bonds. The van der Waals surface area contributed by atoms with E-state index in [9.17, 15) is 4.79 Å². The van der Waals surface area contributed by atoms with Crippen LogP contribution in [0.2, 0.25) is 0 Å². The van der Waals surface area contributed by atoms with Crippen LogP contribution in [0.4, 0.5) is 0 Å². The van der Waals surface area contributed by atoms with Crippen molar-refractivity contribution < 1.29 is 9.53 Å². The summed E-state index contributed by atoms with van der Waals surface area (Å²) in [7, 11) is 1.37. The fourth-order valence-electron chi connectivity index (χ4n) is 1.39. The Bertz CT molecular complexity index is 426. The third-order valence-electron chi connectivity index (χ3n) is 2.12. The highest BCUT2D eigenvalue weighted by atomic mass is 127. The van der Waals surface area contributed by atoms with Gasteiger partial charge in [0.2, 0.25) is 0 Å². The Morgan fingerprint density at radius 2 is 2.43 bits per heavy atom. The van der Waals surface area contributed by atoms with Crippen molar-refractivity contribution in [1.82, 2.24) is 4.98 Å². The van der Waals surface area contributed by atoms with Crippen LogP contribution in [0, 0.1) is 0 Å². The largest absolute Gasteiger partial charge is 0.465 e. The van der Waals surface area contributed by atoms with Crippen LogP contribution < -0.4 is 0 Å². The first kappa shape index (κ1) is 9.64. The summed E-state index contributed by atoms with van der Waals surface area (Å²) >= 11 is 2.24. The Morgan fingerprint density at radius 3 is 3.14 bits per heavy atom. The molecule has 0 N–H and O–H groups in total. The molecule has 0 saturated heterocycles. The summed E-state index contributed by atoms with van der Waals surface area (Å²) in [6.45, 7) is 0. The molecule has 0 unspecified atom stereocenters. The molecule has 3 nitrogen and oxygen atoms in total. The molecule has 0 radical (unpaired) electrons. The highest BCUT2D eigenvalue weighted by Gasteiger charge is 2.16. The number of fused-ring (bicyclic) bond motifs is 1. The van der Waals surface area contributed by atoms with Crippen molar-refractivity contribution in [2.75, 3.05) is 7.11 Å². The molecule has 0 aromatic carbocycles. The zero-order valence-electron chi connectivity index (χ0n) is 7.58. The van der Waals surface area contributed by atoms with Crippen molar-refractivity contribution >= 4 is 32.1 Å². The minimum Gasteiger partial charge on any atom is -0.465 e. The van der Waals surface area contributed by atoms with Gasteiger partial charge in [0, 0.05) is 21.8 Å². The third kappa shape index (κ3) is 1.54. The number of esters is 1. The first-order chi connectivity index (χ1) is 6.72. The van der Waals surface area contributed by atoms with Gasteiger partial charge in [-0.3, -0.25) is 4.98 Å². The van der Waals surface area contributed by atoms with E-state index in [0.29, 0.717) is 5.56 Å². The quantitative estimate of drug-likeness (QED) is 0.589. The third-order valence-corrected chi connectivity index (χ3v) is 3.14. The summed E-state index contributed by atoms with van der Waals surface area (Å²) in [4.78, 5) is 15.5. The van der Waals surface area contributed by atoms with Crippen molar-refractivity contribution in [3.05, 3.63) is 35.2 Å². The molecule has 1 aromatic rings. The summed E-state index contributed by atoms with van der Waals surface area (Å²) in [6, 6.07) is 1.83. The number of aromatic nitrogens is 1. The highest BCUT2D eigenvalue weighted by molar-refractivity contribution is 14.1. The minimum atomic E-state index is -0.337. The molecular weight excluding hydrogens is 293 g/mol. The van der Waals surface area contributed by atoms with Crippen LogP contribution in [0.15, 0.2) is 18.3 Å². The van der Waals surface area contributed by atoms with E-state index in [-0.39, 0.29) is 5.97 Å². The van der Waals surface area contributed by atoms with Crippen molar-refractivity contribution in [1.29, 1.82) is 0 Å². The fourth-order valence-corrected chi connectivity index (χ4v) is 2.08. The minimum absolute atomic E-state index is 0.337. The maximum Gasteiger partial charge on any atom is 0.339 e. The zero-order chi connectivity index (χ0) is 10.1. The smallest absolute Gasteiger partial charge is 0.339 e. The number of methoxy groups -OCH3 is 1. The molecule has 1 aliphatic carbocycles. The lowest BCUT2D eigenvalue weighted by Crippen LogP contribution is -2.03. The van der Waals surface area contributed by atoms with E-state index in [1.807, 2.05) is 6.07 Å². The molecule has 4 heteroatoms. The number of pyridine rings is 1. The van der Waals surface area contributed by atoms with Gasteiger partial charge in [-0.1, -0.05) is 6.08 Å². The number of hydrogen-bond acceptors (Lipinski definition) is 3. The summed E-state index contributed by atoms with van der Waals surface area (Å²) < 4.78 is 5.78. The molecule has 0 spiro atoms. The molecule has 72 valence electrons. The lowest BCUT2D eigenvalue weighted by atomic mass is 10.2. The van der Waals surface area contributed by atoms with E-state index >= 15 is 0 Å². The van der Waals surface area contributed by atoms with Gasteiger partial charge in [0.15, 0.2) is 0 Å². The molecule has 0 saturated carbocycles. The first-order valence-electron chi connectivity index (χ1n) is 4.15. The number of nitrogens with zero attached hydrogens (tertiary/aromatic N) is 1. The molecule has 1 aliphatic rings. The summed E-state index contributed by atoms with van der Waals surface area (Å²) in [5, 5.41) is 0. The lowest BCUT2D eigenvalue weighted by molar-refractivity contribution is 0.0600. The number of rotatable bonds is 1. The number of hydrogen-bond donors (Lipinski definition) is 0. The van der Waals surface area contributed by atoms with Crippen molar-refractivity contribution in [3.8, 4) is 0 Å². The molecule has 1 aromatic heterocycles. The van der Waals surface area contributed by atoms with Gasteiger partial charge in [-0.05, 0) is 28.7 Å². The summed E-state index contributed by atoms with van der Waals surface area (Å²) in [5.74, 6) is -0.337. The Morgan fingerprint density at radius 1 is 1.64 bits per heavy atom. The summed E-state index contributed by atoms with van der Waals surface area (Å²) in [6.07, 6.45) is 4.52. The van der Waals surface area contributed by atoms with E-state index in [1.54, 1.807) is 6.20 Å². The normalized spacial score (nSPS) is 13.4. The van der Waals surface area contributed by atoms with Crippen LogP contribution in [-0.2, 0) is 11.2 Å². The van der Waals surface area contributed by atoms with Gasteiger partial charge in [-0.25, -0.2) is 4.79 Å². The van der Waals surface area contributed by atoms with E-state index in [2.05, 4.69) is 38.4 Å². The van der Waals surface area contributed by atoms with Gasteiger partial charge in [0.05, 0.1) is 18.4 Å². The van der Waals surface area contributed by atoms with Crippen molar-refractivity contribution in [2.24, 2.45) is 0 Å². The Kier molecular flexibility index (Phi) is 2.54. The van der Waals surface area contributed by atoms with Crippen molar-refractivity contribution in [3.63, 3.8) is 0 Å². The molecule has 0 atom stereocenters. The van der Waals surface area contributed by atoms with Crippen LogP contribution >= 0.6 is 22.6 Å². The molecule has 1 heterocycles. The second-order valence-corrected chi connectivity index (χ2v) is 4.13. The second kappa shape index (κ2) is 3.68. The topological polar surface area (TPSA) is 39.2 Å². The Hall–Kier alpha value is -0.910. The number of ether oxygens (including phenoxy) is 1. The zero-order valence-corrected chi connectivity index (χ0v) is 9.74. The monoisotopic (exact) mass is 301 g/mol. The lowest BCUT2D eigenvalue weighted by Gasteiger charge is -2.02. The number of carbonyl (C=O) groups excluding carboxylic acids is 1. The molecule has 0 aliphatic heterocycles.